The molecule has 17 heavy (non-hydrogen) atoms. The Morgan fingerprint density at radius 3 is 2.76 bits per heavy atom. The van der Waals surface area contributed by atoms with E-state index in [1.165, 1.54) is 7.11 Å². The van der Waals surface area contributed by atoms with Gasteiger partial charge in [-0.3, -0.25) is 4.79 Å². The molecular formula is C13H22N2O2. The smallest absolute Gasteiger partial charge is 0.305 e. The lowest BCUT2D eigenvalue weighted by Crippen LogP contribution is -2.09. The van der Waals surface area contributed by atoms with Gasteiger partial charge in [0.1, 0.15) is 0 Å². The average molecular weight is 238 g/mol. The van der Waals surface area contributed by atoms with E-state index in [4.69, 9.17) is 0 Å². The number of carbonyl (C=O) groups excluding carboxylic acids is 1. The summed E-state index contributed by atoms with van der Waals surface area (Å²) >= 11 is 0. The Bertz CT molecular complexity index is 364. The Kier molecular flexibility index (Phi) is 4.73. The summed E-state index contributed by atoms with van der Waals surface area (Å²) in [6, 6.07) is 0. The SMILES string of the molecule is COC(=O)CCc1cn(CCC(C)(C)C)cn1. The topological polar surface area (TPSA) is 44.1 Å². The molecule has 0 N–H and O–H groups in total. The van der Waals surface area contributed by atoms with Crippen molar-refractivity contribution in [2.24, 2.45) is 5.41 Å². The first-order chi connectivity index (χ1) is 7.90. The molecule has 0 fully saturated rings. The second-order valence-electron chi connectivity index (χ2n) is 5.49. The van der Waals surface area contributed by atoms with Gasteiger partial charge in [-0.15, -0.1) is 0 Å². The average Bonchev–Trinajstić information content (AvgIpc) is 2.70. The van der Waals surface area contributed by atoms with E-state index in [9.17, 15) is 4.79 Å². The molecule has 0 saturated heterocycles. The molecule has 4 nitrogen and oxygen atoms in total. The number of methoxy groups -OCH3 is 1. The lowest BCUT2D eigenvalue weighted by atomic mass is 9.92. The number of rotatable bonds is 5. The van der Waals surface area contributed by atoms with Gasteiger partial charge in [-0.1, -0.05) is 20.8 Å². The maximum atomic E-state index is 11.0. The number of imidazole rings is 1. The standard InChI is InChI=1S/C13H22N2O2/c1-13(2,3)7-8-15-9-11(14-10-15)5-6-12(16)17-4/h9-10H,5-8H2,1-4H3. The zero-order valence-electron chi connectivity index (χ0n) is 11.2. The fourth-order valence-electron chi connectivity index (χ4n) is 1.45. The minimum atomic E-state index is -0.186. The van der Waals surface area contributed by atoms with Crippen molar-refractivity contribution in [1.82, 2.24) is 9.55 Å². The van der Waals surface area contributed by atoms with Gasteiger partial charge < -0.3 is 9.30 Å². The van der Waals surface area contributed by atoms with Crippen LogP contribution in [0.1, 0.15) is 39.3 Å². The molecule has 0 radical (unpaired) electrons. The molecule has 0 aliphatic carbocycles. The van der Waals surface area contributed by atoms with Gasteiger partial charge in [0, 0.05) is 19.2 Å². The minimum Gasteiger partial charge on any atom is -0.469 e. The third-order valence-electron chi connectivity index (χ3n) is 2.62. The number of carbonyl (C=O) groups is 1. The summed E-state index contributed by atoms with van der Waals surface area (Å²) in [4.78, 5) is 15.3. The Morgan fingerprint density at radius 1 is 1.47 bits per heavy atom. The maximum absolute atomic E-state index is 11.0. The number of hydrogen-bond donors (Lipinski definition) is 0. The van der Waals surface area contributed by atoms with Crippen molar-refractivity contribution in [3.63, 3.8) is 0 Å². The highest BCUT2D eigenvalue weighted by atomic mass is 16.5. The molecule has 0 unspecified atom stereocenters. The molecule has 0 atom stereocenters. The summed E-state index contributed by atoms with van der Waals surface area (Å²) < 4.78 is 6.68. The van der Waals surface area contributed by atoms with Crippen LogP contribution in [0.2, 0.25) is 0 Å². The molecule has 96 valence electrons. The lowest BCUT2D eigenvalue weighted by Gasteiger charge is -2.17. The van der Waals surface area contributed by atoms with Crippen LogP contribution in [0.25, 0.3) is 0 Å². The molecule has 1 heterocycles. The number of ether oxygens (including phenoxy) is 1. The predicted octanol–water partition coefficient (Wildman–Crippen LogP) is 2.42. The molecule has 0 amide bonds. The van der Waals surface area contributed by atoms with Crippen LogP contribution in [0.15, 0.2) is 12.5 Å². The van der Waals surface area contributed by atoms with Gasteiger partial charge in [0.05, 0.1) is 25.6 Å². The second kappa shape index (κ2) is 5.84. The Labute approximate surface area is 103 Å². The van der Waals surface area contributed by atoms with Gasteiger partial charge in [-0.2, -0.15) is 0 Å². The van der Waals surface area contributed by atoms with Crippen LogP contribution in [0.4, 0.5) is 0 Å². The molecule has 0 aliphatic rings. The molecule has 0 bridgehead atoms. The summed E-state index contributed by atoms with van der Waals surface area (Å²) in [6.07, 6.45) is 5.99. The monoisotopic (exact) mass is 238 g/mol. The molecule has 0 aliphatic heterocycles. The van der Waals surface area contributed by atoms with Crippen LogP contribution in [0.5, 0.6) is 0 Å². The van der Waals surface area contributed by atoms with E-state index in [1.54, 1.807) is 0 Å². The quantitative estimate of drug-likeness (QED) is 0.740. The molecule has 0 aromatic carbocycles. The van der Waals surface area contributed by atoms with Gasteiger partial charge in [-0.25, -0.2) is 4.98 Å². The fraction of sp³-hybridized carbons (Fsp3) is 0.692. The van der Waals surface area contributed by atoms with Crippen molar-refractivity contribution in [3.8, 4) is 0 Å². The van der Waals surface area contributed by atoms with Gasteiger partial charge in [0.25, 0.3) is 0 Å². The first-order valence-electron chi connectivity index (χ1n) is 5.98. The fourth-order valence-corrected chi connectivity index (χ4v) is 1.45. The van der Waals surface area contributed by atoms with Crippen LogP contribution in [-0.2, 0) is 22.5 Å². The Balaban J connectivity index is 2.40. The van der Waals surface area contributed by atoms with Crippen molar-refractivity contribution in [2.45, 2.75) is 46.6 Å². The number of hydrogen-bond acceptors (Lipinski definition) is 3. The summed E-state index contributed by atoms with van der Waals surface area (Å²) in [5.74, 6) is -0.186. The van der Waals surface area contributed by atoms with E-state index in [-0.39, 0.29) is 5.97 Å². The molecule has 1 aromatic rings. The van der Waals surface area contributed by atoms with E-state index in [2.05, 4.69) is 35.1 Å². The van der Waals surface area contributed by atoms with Crippen molar-refractivity contribution in [2.75, 3.05) is 7.11 Å². The van der Waals surface area contributed by atoms with E-state index in [1.807, 2.05) is 12.5 Å². The lowest BCUT2D eigenvalue weighted by molar-refractivity contribution is -0.140. The van der Waals surface area contributed by atoms with E-state index < -0.39 is 0 Å². The highest BCUT2D eigenvalue weighted by Gasteiger charge is 2.10. The van der Waals surface area contributed by atoms with Crippen molar-refractivity contribution < 1.29 is 9.53 Å². The van der Waals surface area contributed by atoms with Gasteiger partial charge in [0.2, 0.25) is 0 Å². The Hall–Kier alpha value is -1.32. The van der Waals surface area contributed by atoms with Crippen molar-refractivity contribution >= 4 is 5.97 Å². The van der Waals surface area contributed by atoms with E-state index in [0.717, 1.165) is 18.7 Å². The molecule has 0 spiro atoms. The summed E-state index contributed by atoms with van der Waals surface area (Å²) in [5.41, 5.74) is 1.28. The second-order valence-corrected chi connectivity index (χ2v) is 5.49. The van der Waals surface area contributed by atoms with Crippen LogP contribution >= 0.6 is 0 Å². The third-order valence-corrected chi connectivity index (χ3v) is 2.62. The first kappa shape index (κ1) is 13.7. The van der Waals surface area contributed by atoms with Gasteiger partial charge in [0.15, 0.2) is 0 Å². The molecule has 1 aromatic heterocycles. The minimum absolute atomic E-state index is 0.186. The Morgan fingerprint density at radius 2 is 2.18 bits per heavy atom. The third kappa shape index (κ3) is 5.52. The first-order valence-corrected chi connectivity index (χ1v) is 5.98. The normalized spacial score (nSPS) is 11.5. The van der Waals surface area contributed by atoms with Crippen LogP contribution in [0, 0.1) is 5.41 Å². The number of esters is 1. The maximum Gasteiger partial charge on any atom is 0.305 e. The highest BCUT2D eigenvalue weighted by molar-refractivity contribution is 5.69. The molecule has 4 heteroatoms. The van der Waals surface area contributed by atoms with Gasteiger partial charge in [-0.05, 0) is 11.8 Å². The van der Waals surface area contributed by atoms with E-state index >= 15 is 0 Å². The van der Waals surface area contributed by atoms with Crippen molar-refractivity contribution in [3.05, 3.63) is 18.2 Å². The number of aromatic nitrogens is 2. The summed E-state index contributed by atoms with van der Waals surface area (Å²) in [6.45, 7) is 7.64. The predicted molar refractivity (Wildman–Crippen MR) is 66.6 cm³/mol. The summed E-state index contributed by atoms with van der Waals surface area (Å²) in [7, 11) is 1.41. The van der Waals surface area contributed by atoms with Gasteiger partial charge >= 0.3 is 5.97 Å². The highest BCUT2D eigenvalue weighted by Crippen LogP contribution is 2.19. The number of aryl methyl sites for hydroxylation is 2. The molecule has 1 rings (SSSR count). The van der Waals surface area contributed by atoms with Crippen molar-refractivity contribution in [1.29, 1.82) is 0 Å². The number of nitrogens with zero attached hydrogens (tertiary/aromatic N) is 2. The van der Waals surface area contributed by atoms with Crippen LogP contribution in [0.3, 0.4) is 0 Å². The molecule has 0 saturated carbocycles. The zero-order valence-corrected chi connectivity index (χ0v) is 11.2. The van der Waals surface area contributed by atoms with E-state index in [0.29, 0.717) is 18.3 Å². The summed E-state index contributed by atoms with van der Waals surface area (Å²) in [5, 5.41) is 0. The largest absolute Gasteiger partial charge is 0.469 e. The molecular weight excluding hydrogens is 216 g/mol. The van der Waals surface area contributed by atoms with Crippen LogP contribution in [-0.4, -0.2) is 22.6 Å². The zero-order chi connectivity index (χ0) is 12.9. The van der Waals surface area contributed by atoms with Crippen LogP contribution < -0.4 is 0 Å².